The number of nitrogens with zero attached hydrogens (tertiary/aromatic N) is 6. The first-order valence-corrected chi connectivity index (χ1v) is 8.44. The van der Waals surface area contributed by atoms with Gasteiger partial charge in [0.2, 0.25) is 0 Å². The van der Waals surface area contributed by atoms with E-state index in [1.54, 1.807) is 13.0 Å². The number of imidazole rings is 1. The summed E-state index contributed by atoms with van der Waals surface area (Å²) in [5.41, 5.74) is -2.10. The first-order chi connectivity index (χ1) is 13.4. The van der Waals surface area contributed by atoms with E-state index < -0.39 is 29.0 Å². The van der Waals surface area contributed by atoms with Crippen molar-refractivity contribution >= 4 is 5.65 Å². The Bertz CT molecular complexity index is 1190. The summed E-state index contributed by atoms with van der Waals surface area (Å²) in [6.07, 6.45) is 7.09. The second-order valence-corrected chi connectivity index (χ2v) is 6.48. The lowest BCUT2D eigenvalue weighted by Gasteiger charge is -2.35. The molecule has 2 atom stereocenters. The molecule has 0 spiro atoms. The maximum atomic E-state index is 14.6. The SMILES string of the molecule is C[C@@H](n1ccc2nccn2c1=O)[C@](O)(Cn1cncn1)c1ccc(F)cc1F. The smallest absolute Gasteiger partial charge is 0.334 e. The van der Waals surface area contributed by atoms with Gasteiger partial charge in [0.1, 0.15) is 35.5 Å². The summed E-state index contributed by atoms with van der Waals surface area (Å²) in [6, 6.07) is 3.58. The van der Waals surface area contributed by atoms with Crippen molar-refractivity contribution < 1.29 is 13.9 Å². The molecule has 144 valence electrons. The molecule has 10 heteroatoms. The average molecular weight is 386 g/mol. The van der Waals surface area contributed by atoms with Crippen molar-refractivity contribution in [3.05, 3.63) is 83.2 Å². The molecule has 0 radical (unpaired) electrons. The molecule has 0 saturated heterocycles. The summed E-state index contributed by atoms with van der Waals surface area (Å²) in [6.45, 7) is 1.37. The minimum Gasteiger partial charge on any atom is -0.381 e. The van der Waals surface area contributed by atoms with Gasteiger partial charge in [-0.05, 0) is 19.1 Å². The number of halogens is 2. The number of rotatable bonds is 5. The average Bonchev–Trinajstić information content (AvgIpc) is 3.33. The molecule has 4 aromatic rings. The van der Waals surface area contributed by atoms with E-state index in [0.717, 1.165) is 6.07 Å². The first-order valence-electron chi connectivity index (χ1n) is 8.44. The lowest BCUT2D eigenvalue weighted by Crippen LogP contribution is -2.44. The second kappa shape index (κ2) is 6.64. The Balaban J connectivity index is 1.88. The lowest BCUT2D eigenvalue weighted by molar-refractivity contribution is -0.0346. The van der Waals surface area contributed by atoms with E-state index in [2.05, 4.69) is 15.1 Å². The monoisotopic (exact) mass is 386 g/mol. The normalized spacial score (nSPS) is 14.9. The molecule has 0 aliphatic heterocycles. The molecule has 4 rings (SSSR count). The highest BCUT2D eigenvalue weighted by Gasteiger charge is 2.40. The van der Waals surface area contributed by atoms with Gasteiger partial charge < -0.3 is 5.11 Å². The highest BCUT2D eigenvalue weighted by atomic mass is 19.1. The van der Waals surface area contributed by atoms with E-state index in [9.17, 15) is 18.7 Å². The molecule has 0 aliphatic rings. The maximum Gasteiger partial charge on any atom is 0.334 e. The Labute approximate surface area is 157 Å². The van der Waals surface area contributed by atoms with E-state index in [-0.39, 0.29) is 12.1 Å². The molecule has 1 aromatic carbocycles. The van der Waals surface area contributed by atoms with Gasteiger partial charge in [-0.3, -0.25) is 8.97 Å². The summed E-state index contributed by atoms with van der Waals surface area (Å²) >= 11 is 0. The van der Waals surface area contributed by atoms with Gasteiger partial charge in [0, 0.05) is 30.2 Å². The van der Waals surface area contributed by atoms with Crippen LogP contribution < -0.4 is 5.69 Å². The zero-order valence-electron chi connectivity index (χ0n) is 14.8. The second-order valence-electron chi connectivity index (χ2n) is 6.48. The van der Waals surface area contributed by atoms with E-state index in [1.165, 1.54) is 51.0 Å². The predicted octanol–water partition coefficient (Wildman–Crippen LogP) is 1.51. The molecule has 1 N–H and O–H groups in total. The van der Waals surface area contributed by atoms with Crippen molar-refractivity contribution in [3.63, 3.8) is 0 Å². The standard InChI is InChI=1S/C18H16F2N6O2/c1-12(25-6-4-16-22-5-7-26(16)17(25)27)18(28,9-24-11-21-10-23-24)14-3-2-13(19)8-15(14)20/h2-8,10-12,28H,9H2,1H3/t12-,18-/m1/s1. The van der Waals surface area contributed by atoms with Crippen molar-refractivity contribution in [1.29, 1.82) is 0 Å². The fourth-order valence-corrected chi connectivity index (χ4v) is 3.30. The van der Waals surface area contributed by atoms with Crippen LogP contribution in [0.3, 0.4) is 0 Å². The van der Waals surface area contributed by atoms with Crippen LogP contribution in [0.15, 0.2) is 60.3 Å². The highest BCUT2D eigenvalue weighted by molar-refractivity contribution is 5.36. The quantitative estimate of drug-likeness (QED) is 0.562. The van der Waals surface area contributed by atoms with Crippen LogP contribution in [0, 0.1) is 11.6 Å². The Morgan fingerprint density at radius 2 is 2.07 bits per heavy atom. The van der Waals surface area contributed by atoms with Crippen LogP contribution >= 0.6 is 0 Å². The number of aromatic nitrogens is 6. The molecule has 28 heavy (non-hydrogen) atoms. The lowest BCUT2D eigenvalue weighted by atomic mass is 9.86. The third-order valence-corrected chi connectivity index (χ3v) is 4.86. The number of fused-ring (bicyclic) bond motifs is 1. The molecule has 3 aromatic heterocycles. The van der Waals surface area contributed by atoms with Gasteiger partial charge in [0.15, 0.2) is 0 Å². The number of aliphatic hydroxyl groups is 1. The summed E-state index contributed by atoms with van der Waals surface area (Å²) in [5, 5.41) is 15.5. The van der Waals surface area contributed by atoms with Gasteiger partial charge in [-0.2, -0.15) is 5.10 Å². The van der Waals surface area contributed by atoms with E-state index in [1.807, 2.05) is 0 Å². The first kappa shape index (κ1) is 18.0. The minimum atomic E-state index is -1.93. The molecular weight excluding hydrogens is 370 g/mol. The van der Waals surface area contributed by atoms with Gasteiger partial charge in [-0.25, -0.2) is 28.2 Å². The van der Waals surface area contributed by atoms with Gasteiger partial charge in [-0.15, -0.1) is 0 Å². The van der Waals surface area contributed by atoms with Crippen molar-refractivity contribution in [2.45, 2.75) is 25.1 Å². The molecule has 0 bridgehead atoms. The molecule has 0 saturated carbocycles. The Kier molecular flexibility index (Phi) is 4.27. The van der Waals surface area contributed by atoms with Gasteiger partial charge in [0.25, 0.3) is 0 Å². The summed E-state index contributed by atoms with van der Waals surface area (Å²) in [5.74, 6) is -1.69. The third kappa shape index (κ3) is 2.87. The summed E-state index contributed by atoms with van der Waals surface area (Å²) in [4.78, 5) is 20.7. The largest absolute Gasteiger partial charge is 0.381 e. The van der Waals surface area contributed by atoms with E-state index in [4.69, 9.17) is 0 Å². The van der Waals surface area contributed by atoms with E-state index in [0.29, 0.717) is 11.7 Å². The summed E-state index contributed by atoms with van der Waals surface area (Å²) in [7, 11) is 0. The molecular formula is C18H16F2N6O2. The minimum absolute atomic E-state index is 0.158. The Morgan fingerprint density at radius 1 is 1.25 bits per heavy atom. The molecule has 0 unspecified atom stereocenters. The molecule has 3 heterocycles. The number of hydrogen-bond acceptors (Lipinski definition) is 5. The molecule has 0 fully saturated rings. The van der Waals surface area contributed by atoms with Crippen LogP contribution in [-0.2, 0) is 12.1 Å². The highest BCUT2D eigenvalue weighted by Crippen LogP contribution is 2.36. The Hall–Kier alpha value is -3.40. The van der Waals surface area contributed by atoms with Crippen molar-refractivity contribution in [2.24, 2.45) is 0 Å². The van der Waals surface area contributed by atoms with Crippen molar-refractivity contribution in [3.8, 4) is 0 Å². The third-order valence-electron chi connectivity index (χ3n) is 4.86. The van der Waals surface area contributed by atoms with Crippen LogP contribution in [0.4, 0.5) is 8.78 Å². The van der Waals surface area contributed by atoms with Gasteiger partial charge in [0.05, 0.1) is 12.6 Å². The summed E-state index contributed by atoms with van der Waals surface area (Å²) < 4.78 is 31.9. The fourth-order valence-electron chi connectivity index (χ4n) is 3.30. The topological polar surface area (TPSA) is 90.2 Å². The van der Waals surface area contributed by atoms with Crippen LogP contribution in [0.1, 0.15) is 18.5 Å². The van der Waals surface area contributed by atoms with Gasteiger partial charge >= 0.3 is 5.69 Å². The zero-order valence-corrected chi connectivity index (χ0v) is 14.8. The number of hydrogen-bond donors (Lipinski definition) is 1. The van der Waals surface area contributed by atoms with Gasteiger partial charge in [-0.1, -0.05) is 6.07 Å². The van der Waals surface area contributed by atoms with Crippen LogP contribution in [0.5, 0.6) is 0 Å². The predicted molar refractivity (Wildman–Crippen MR) is 94.4 cm³/mol. The Morgan fingerprint density at radius 3 is 2.79 bits per heavy atom. The fraction of sp³-hybridized carbons (Fsp3) is 0.222. The zero-order chi connectivity index (χ0) is 19.9. The molecule has 8 nitrogen and oxygen atoms in total. The van der Waals surface area contributed by atoms with Crippen molar-refractivity contribution in [1.82, 2.24) is 28.7 Å². The van der Waals surface area contributed by atoms with Crippen LogP contribution in [0.25, 0.3) is 5.65 Å². The van der Waals surface area contributed by atoms with Crippen molar-refractivity contribution in [2.75, 3.05) is 0 Å². The maximum absolute atomic E-state index is 14.6. The molecule has 0 amide bonds. The number of benzene rings is 1. The van der Waals surface area contributed by atoms with Crippen LogP contribution in [-0.4, -0.2) is 33.8 Å². The van der Waals surface area contributed by atoms with E-state index >= 15 is 0 Å². The molecule has 0 aliphatic carbocycles. The van der Waals surface area contributed by atoms with Crippen LogP contribution in [0.2, 0.25) is 0 Å².